The highest BCUT2D eigenvalue weighted by Crippen LogP contribution is 2.30. The third-order valence-electron chi connectivity index (χ3n) is 3.74. The summed E-state index contributed by atoms with van der Waals surface area (Å²) in [5, 5.41) is 10.6. The van der Waals surface area contributed by atoms with E-state index in [1.807, 2.05) is 38.3 Å². The number of primary amides is 1. The lowest BCUT2D eigenvalue weighted by atomic mass is 10.0. The van der Waals surface area contributed by atoms with Crippen molar-refractivity contribution in [2.45, 2.75) is 31.6 Å². The lowest BCUT2D eigenvalue weighted by Gasteiger charge is -2.12. The zero-order valence-electron chi connectivity index (χ0n) is 13.5. The number of aryl methyl sites for hydroxylation is 1. The Hall–Kier alpha value is -2.19. The predicted octanol–water partition coefficient (Wildman–Crippen LogP) is 3.51. The zero-order valence-corrected chi connectivity index (χ0v) is 15.1. The highest BCUT2D eigenvalue weighted by atomic mass is 32.2. The van der Waals surface area contributed by atoms with Crippen molar-refractivity contribution in [2.24, 2.45) is 5.73 Å². The minimum absolute atomic E-state index is 0.424. The van der Waals surface area contributed by atoms with Gasteiger partial charge >= 0.3 is 0 Å². The first kappa shape index (κ1) is 16.7. The number of aromatic nitrogens is 3. The first-order valence-corrected chi connectivity index (χ1v) is 9.10. The van der Waals surface area contributed by atoms with Crippen LogP contribution in [0.2, 0.25) is 0 Å². The summed E-state index contributed by atoms with van der Waals surface area (Å²) < 4.78 is 5.66. The molecule has 0 saturated carbocycles. The van der Waals surface area contributed by atoms with Crippen molar-refractivity contribution in [3.63, 3.8) is 0 Å². The van der Waals surface area contributed by atoms with Crippen LogP contribution in [0.5, 0.6) is 0 Å². The Kier molecular flexibility index (Phi) is 4.68. The van der Waals surface area contributed by atoms with Crippen molar-refractivity contribution in [1.82, 2.24) is 15.2 Å². The number of nitrogens with zero attached hydrogens (tertiary/aromatic N) is 3. The lowest BCUT2D eigenvalue weighted by Crippen LogP contribution is -2.16. The second-order valence-electron chi connectivity index (χ2n) is 5.26. The van der Waals surface area contributed by atoms with Crippen LogP contribution in [0, 0.1) is 20.8 Å². The molecule has 3 rings (SSSR count). The number of pyridine rings is 1. The molecule has 3 heterocycles. The first-order chi connectivity index (χ1) is 11.5. The van der Waals surface area contributed by atoms with E-state index in [0.717, 1.165) is 21.7 Å². The Morgan fingerprint density at radius 2 is 2.08 bits per heavy atom. The topological polar surface area (TPSA) is 94.9 Å². The van der Waals surface area contributed by atoms with E-state index in [1.165, 1.54) is 23.1 Å². The van der Waals surface area contributed by atoms with Gasteiger partial charge in [-0.2, -0.15) is 0 Å². The summed E-state index contributed by atoms with van der Waals surface area (Å²) in [4.78, 5) is 17.2. The van der Waals surface area contributed by atoms with Gasteiger partial charge in [0, 0.05) is 5.69 Å². The molecular weight excluding hydrogens is 344 g/mol. The summed E-state index contributed by atoms with van der Waals surface area (Å²) in [7, 11) is 0. The standard InChI is InChI=1S/C16H16N4O2S2/c1-8-9(2)13(14(17)21)16(18-10(8)3)24-7-12-19-20-15(22-12)11-5-4-6-23-11/h4-6H,7H2,1-3H3,(H2,17,21). The molecule has 0 atom stereocenters. The Morgan fingerprint density at radius 3 is 2.75 bits per heavy atom. The van der Waals surface area contributed by atoms with Crippen LogP contribution in [-0.2, 0) is 5.75 Å². The normalized spacial score (nSPS) is 11.0. The summed E-state index contributed by atoms with van der Waals surface area (Å²) >= 11 is 2.91. The molecule has 124 valence electrons. The number of hydrogen-bond acceptors (Lipinski definition) is 7. The maximum atomic E-state index is 11.8. The third kappa shape index (κ3) is 3.20. The van der Waals surface area contributed by atoms with Crippen LogP contribution in [0.4, 0.5) is 0 Å². The van der Waals surface area contributed by atoms with Crippen molar-refractivity contribution in [3.05, 3.63) is 45.8 Å². The number of carbonyl (C=O) groups excluding carboxylic acids is 1. The molecule has 6 nitrogen and oxygen atoms in total. The molecule has 8 heteroatoms. The number of rotatable bonds is 5. The van der Waals surface area contributed by atoms with Crippen molar-refractivity contribution in [2.75, 3.05) is 0 Å². The molecule has 3 aromatic rings. The van der Waals surface area contributed by atoms with E-state index < -0.39 is 5.91 Å². The molecule has 0 aromatic carbocycles. The van der Waals surface area contributed by atoms with E-state index in [2.05, 4.69) is 15.2 Å². The van der Waals surface area contributed by atoms with Crippen molar-refractivity contribution in [1.29, 1.82) is 0 Å². The van der Waals surface area contributed by atoms with Gasteiger partial charge in [-0.25, -0.2) is 4.98 Å². The fourth-order valence-corrected chi connectivity index (χ4v) is 3.87. The maximum absolute atomic E-state index is 11.8. The van der Waals surface area contributed by atoms with Crippen molar-refractivity contribution < 1.29 is 9.21 Å². The van der Waals surface area contributed by atoms with Crippen LogP contribution in [-0.4, -0.2) is 21.1 Å². The van der Waals surface area contributed by atoms with Gasteiger partial charge in [0.1, 0.15) is 5.03 Å². The molecule has 0 saturated heterocycles. The molecule has 0 fully saturated rings. The van der Waals surface area contributed by atoms with Gasteiger partial charge in [0.15, 0.2) is 0 Å². The molecule has 0 aliphatic rings. The average Bonchev–Trinajstić information content (AvgIpc) is 3.20. The molecule has 0 aliphatic heterocycles. The van der Waals surface area contributed by atoms with Crippen LogP contribution in [0.15, 0.2) is 27.0 Å². The first-order valence-electron chi connectivity index (χ1n) is 7.24. The minimum Gasteiger partial charge on any atom is -0.419 e. The maximum Gasteiger partial charge on any atom is 0.257 e. The Labute approximate surface area is 147 Å². The summed E-state index contributed by atoms with van der Waals surface area (Å²) in [6, 6.07) is 3.86. The number of nitrogens with two attached hydrogens (primary N) is 1. The van der Waals surface area contributed by atoms with E-state index in [-0.39, 0.29) is 0 Å². The van der Waals surface area contributed by atoms with E-state index in [4.69, 9.17) is 10.2 Å². The molecule has 0 unspecified atom stereocenters. The highest BCUT2D eigenvalue weighted by molar-refractivity contribution is 7.98. The second-order valence-corrected chi connectivity index (χ2v) is 7.17. The molecule has 0 spiro atoms. The van der Waals surface area contributed by atoms with Crippen molar-refractivity contribution in [3.8, 4) is 10.8 Å². The van der Waals surface area contributed by atoms with Crippen LogP contribution in [0.25, 0.3) is 10.8 Å². The summed E-state index contributed by atoms with van der Waals surface area (Å²) in [6.45, 7) is 5.73. The number of carbonyl (C=O) groups is 1. The Morgan fingerprint density at radius 1 is 1.29 bits per heavy atom. The van der Waals surface area contributed by atoms with Gasteiger partial charge in [-0.05, 0) is 43.3 Å². The van der Waals surface area contributed by atoms with Crippen LogP contribution < -0.4 is 5.73 Å². The molecule has 2 N–H and O–H groups in total. The number of thioether (sulfide) groups is 1. The van der Waals surface area contributed by atoms with E-state index in [1.54, 1.807) is 0 Å². The molecule has 1 amide bonds. The number of amides is 1. The van der Waals surface area contributed by atoms with Gasteiger partial charge in [0.05, 0.1) is 16.2 Å². The molecular formula is C16H16N4O2S2. The fourth-order valence-electron chi connectivity index (χ4n) is 2.25. The minimum atomic E-state index is -0.476. The monoisotopic (exact) mass is 360 g/mol. The molecule has 3 aromatic heterocycles. The number of hydrogen-bond donors (Lipinski definition) is 1. The fraction of sp³-hybridized carbons (Fsp3) is 0.250. The predicted molar refractivity (Wildman–Crippen MR) is 94.1 cm³/mol. The Bertz CT molecular complexity index is 888. The van der Waals surface area contributed by atoms with Crippen LogP contribution in [0.1, 0.15) is 33.1 Å². The SMILES string of the molecule is Cc1nc(SCc2nnc(-c3cccs3)o2)c(C(N)=O)c(C)c1C. The average molecular weight is 360 g/mol. The smallest absolute Gasteiger partial charge is 0.257 e. The van der Waals surface area contributed by atoms with Crippen LogP contribution >= 0.6 is 23.1 Å². The van der Waals surface area contributed by atoms with Gasteiger partial charge in [-0.3, -0.25) is 4.79 Å². The molecule has 0 aliphatic carbocycles. The largest absolute Gasteiger partial charge is 0.419 e. The highest BCUT2D eigenvalue weighted by Gasteiger charge is 2.18. The number of thiophene rings is 1. The quantitative estimate of drug-likeness (QED) is 0.700. The van der Waals surface area contributed by atoms with Gasteiger partial charge in [0.25, 0.3) is 11.8 Å². The Balaban J connectivity index is 1.83. The van der Waals surface area contributed by atoms with E-state index in [0.29, 0.717) is 28.1 Å². The molecule has 0 bridgehead atoms. The molecule has 0 radical (unpaired) electrons. The van der Waals surface area contributed by atoms with Gasteiger partial charge < -0.3 is 10.2 Å². The van der Waals surface area contributed by atoms with Gasteiger partial charge in [-0.15, -0.1) is 21.5 Å². The second kappa shape index (κ2) is 6.74. The summed E-state index contributed by atoms with van der Waals surface area (Å²) in [6.07, 6.45) is 0. The zero-order chi connectivity index (χ0) is 17.3. The summed E-state index contributed by atoms with van der Waals surface area (Å²) in [5.41, 5.74) is 8.71. The van der Waals surface area contributed by atoms with E-state index >= 15 is 0 Å². The van der Waals surface area contributed by atoms with Gasteiger partial charge in [0.2, 0.25) is 5.89 Å². The lowest BCUT2D eigenvalue weighted by molar-refractivity contribution is 0.0996. The van der Waals surface area contributed by atoms with Crippen LogP contribution in [0.3, 0.4) is 0 Å². The van der Waals surface area contributed by atoms with Gasteiger partial charge in [-0.1, -0.05) is 17.8 Å². The molecule has 24 heavy (non-hydrogen) atoms. The van der Waals surface area contributed by atoms with Crippen molar-refractivity contribution >= 4 is 29.0 Å². The third-order valence-corrected chi connectivity index (χ3v) is 5.56. The summed E-state index contributed by atoms with van der Waals surface area (Å²) in [5.74, 6) is 0.931. The van der Waals surface area contributed by atoms with E-state index in [9.17, 15) is 4.79 Å².